The number of aromatic nitrogens is 4. The van der Waals surface area contributed by atoms with E-state index in [1.54, 1.807) is 24.0 Å². The highest BCUT2D eigenvalue weighted by Gasteiger charge is 2.06. The van der Waals surface area contributed by atoms with Crippen LogP contribution >= 0.6 is 0 Å². The maximum Gasteiger partial charge on any atom is 0.356 e. The van der Waals surface area contributed by atoms with E-state index in [1.165, 1.54) is 12.4 Å². The van der Waals surface area contributed by atoms with Gasteiger partial charge >= 0.3 is 5.97 Å². The molecule has 82 valence electrons. The lowest BCUT2D eigenvalue weighted by atomic mass is 10.4. The average Bonchev–Trinajstić information content (AvgIpc) is 2.64. The van der Waals surface area contributed by atoms with Gasteiger partial charge < -0.3 is 10.4 Å². The zero-order chi connectivity index (χ0) is 11.5. The number of nitrogens with zero attached hydrogens (tertiary/aromatic N) is 4. The molecule has 16 heavy (non-hydrogen) atoms. The molecule has 0 saturated heterocycles. The second-order valence-corrected chi connectivity index (χ2v) is 3.09. The van der Waals surface area contributed by atoms with Gasteiger partial charge in [-0.25, -0.2) is 9.78 Å². The average molecular weight is 219 g/mol. The van der Waals surface area contributed by atoms with Crippen molar-refractivity contribution in [1.29, 1.82) is 0 Å². The molecular formula is C9H9N5O2. The minimum absolute atomic E-state index is 0.110. The number of anilines is 2. The number of hydrogen-bond donors (Lipinski definition) is 2. The number of nitrogens with one attached hydrogen (secondary N) is 1. The van der Waals surface area contributed by atoms with E-state index in [-0.39, 0.29) is 5.69 Å². The molecule has 0 atom stereocenters. The van der Waals surface area contributed by atoms with E-state index in [1.807, 2.05) is 0 Å². The maximum absolute atomic E-state index is 10.7. The molecule has 7 nitrogen and oxygen atoms in total. The first kappa shape index (κ1) is 10.1. The Morgan fingerprint density at radius 1 is 1.44 bits per heavy atom. The summed E-state index contributed by atoms with van der Waals surface area (Å²) in [6.45, 7) is 0. The van der Waals surface area contributed by atoms with Gasteiger partial charge in [0.15, 0.2) is 17.3 Å². The number of aromatic carboxylic acids is 1. The van der Waals surface area contributed by atoms with Gasteiger partial charge in [-0.15, -0.1) is 0 Å². The lowest BCUT2D eigenvalue weighted by Crippen LogP contribution is -2.04. The van der Waals surface area contributed by atoms with Gasteiger partial charge in [-0.1, -0.05) is 0 Å². The predicted octanol–water partition coefficient (Wildman–Crippen LogP) is 0.652. The van der Waals surface area contributed by atoms with Crippen molar-refractivity contribution in [3.63, 3.8) is 0 Å². The van der Waals surface area contributed by atoms with Crippen molar-refractivity contribution in [2.45, 2.75) is 0 Å². The zero-order valence-electron chi connectivity index (χ0n) is 8.45. The van der Waals surface area contributed by atoms with E-state index in [2.05, 4.69) is 20.4 Å². The second-order valence-electron chi connectivity index (χ2n) is 3.09. The highest BCUT2D eigenvalue weighted by atomic mass is 16.4. The van der Waals surface area contributed by atoms with Crippen LogP contribution in [0.15, 0.2) is 24.7 Å². The van der Waals surface area contributed by atoms with Gasteiger partial charge in [-0.2, -0.15) is 5.10 Å². The van der Waals surface area contributed by atoms with Crippen LogP contribution in [0.5, 0.6) is 0 Å². The third-order valence-electron chi connectivity index (χ3n) is 1.82. The van der Waals surface area contributed by atoms with Crippen LogP contribution in [-0.2, 0) is 7.05 Å². The highest BCUT2D eigenvalue weighted by Crippen LogP contribution is 2.10. The number of aryl methyl sites for hydroxylation is 1. The van der Waals surface area contributed by atoms with Crippen LogP contribution in [0.3, 0.4) is 0 Å². The summed E-state index contributed by atoms with van der Waals surface area (Å²) in [5.41, 5.74) is -0.110. The van der Waals surface area contributed by atoms with Crippen molar-refractivity contribution in [3.05, 3.63) is 30.4 Å². The molecule has 0 aliphatic carbocycles. The summed E-state index contributed by atoms with van der Waals surface area (Å²) in [6, 6.07) is 1.75. The minimum Gasteiger partial charge on any atom is -0.476 e. The van der Waals surface area contributed by atoms with Crippen LogP contribution in [0.1, 0.15) is 10.5 Å². The quantitative estimate of drug-likeness (QED) is 0.787. The van der Waals surface area contributed by atoms with Gasteiger partial charge in [-0.05, 0) is 0 Å². The molecule has 0 bridgehead atoms. The van der Waals surface area contributed by atoms with Crippen LogP contribution in [-0.4, -0.2) is 30.8 Å². The van der Waals surface area contributed by atoms with Crippen molar-refractivity contribution in [2.75, 3.05) is 5.32 Å². The molecule has 0 radical (unpaired) electrons. The summed E-state index contributed by atoms with van der Waals surface area (Å²) in [5, 5.41) is 15.7. The summed E-state index contributed by atoms with van der Waals surface area (Å²) < 4.78 is 1.62. The second kappa shape index (κ2) is 3.97. The Morgan fingerprint density at radius 3 is 2.88 bits per heavy atom. The summed E-state index contributed by atoms with van der Waals surface area (Å²) in [5.74, 6) is -0.185. The van der Waals surface area contributed by atoms with Crippen LogP contribution in [0.2, 0.25) is 0 Å². The molecule has 0 amide bonds. The first-order valence-electron chi connectivity index (χ1n) is 4.47. The lowest BCUT2D eigenvalue weighted by molar-refractivity contribution is 0.0690. The van der Waals surface area contributed by atoms with E-state index >= 15 is 0 Å². The summed E-state index contributed by atoms with van der Waals surface area (Å²) in [6.07, 6.45) is 4.38. The molecule has 0 saturated carbocycles. The molecule has 0 aliphatic heterocycles. The number of carboxylic acids is 1. The Labute approximate surface area is 90.8 Å². The van der Waals surface area contributed by atoms with Gasteiger partial charge in [0.25, 0.3) is 0 Å². The largest absolute Gasteiger partial charge is 0.476 e. The first-order chi connectivity index (χ1) is 7.65. The van der Waals surface area contributed by atoms with E-state index in [0.717, 1.165) is 0 Å². The number of carboxylic acid groups (broad SMARTS) is 1. The van der Waals surface area contributed by atoms with E-state index in [9.17, 15) is 4.79 Å². The Morgan fingerprint density at radius 2 is 2.25 bits per heavy atom. The molecular weight excluding hydrogens is 210 g/mol. The van der Waals surface area contributed by atoms with Crippen molar-refractivity contribution in [3.8, 4) is 0 Å². The minimum atomic E-state index is -1.11. The molecule has 2 aromatic rings. The summed E-state index contributed by atoms with van der Waals surface area (Å²) in [4.78, 5) is 18.3. The zero-order valence-corrected chi connectivity index (χ0v) is 8.45. The maximum atomic E-state index is 10.7. The van der Waals surface area contributed by atoms with Gasteiger partial charge in [0.05, 0.1) is 12.4 Å². The van der Waals surface area contributed by atoms with Gasteiger partial charge in [0, 0.05) is 19.3 Å². The Balaban J connectivity index is 2.21. The standard InChI is InChI=1S/C9H9N5O2/c1-14-3-2-7(13-14)12-8-5-10-4-6(11-8)9(15)16/h2-5H,1H3,(H,15,16)(H,11,12,13). The first-order valence-corrected chi connectivity index (χ1v) is 4.47. The molecule has 0 fully saturated rings. The fourth-order valence-electron chi connectivity index (χ4n) is 1.14. The topological polar surface area (TPSA) is 92.9 Å². The number of carbonyl (C=O) groups is 1. The van der Waals surface area contributed by atoms with Gasteiger partial charge in [-0.3, -0.25) is 9.67 Å². The molecule has 2 aromatic heterocycles. The fourth-order valence-corrected chi connectivity index (χ4v) is 1.14. The van der Waals surface area contributed by atoms with Crippen LogP contribution in [0.4, 0.5) is 11.6 Å². The van der Waals surface area contributed by atoms with E-state index < -0.39 is 5.97 Å². The molecule has 0 spiro atoms. The lowest BCUT2D eigenvalue weighted by Gasteiger charge is -2.01. The van der Waals surface area contributed by atoms with Crippen molar-refractivity contribution in [1.82, 2.24) is 19.7 Å². The summed E-state index contributed by atoms with van der Waals surface area (Å²) >= 11 is 0. The van der Waals surface area contributed by atoms with Crippen molar-refractivity contribution in [2.24, 2.45) is 7.05 Å². The third-order valence-corrected chi connectivity index (χ3v) is 1.82. The normalized spacial score (nSPS) is 10.1. The monoisotopic (exact) mass is 219 g/mol. The predicted molar refractivity (Wildman–Crippen MR) is 55.5 cm³/mol. The molecule has 2 rings (SSSR count). The highest BCUT2D eigenvalue weighted by molar-refractivity contribution is 5.85. The van der Waals surface area contributed by atoms with Crippen LogP contribution in [0.25, 0.3) is 0 Å². The van der Waals surface area contributed by atoms with Crippen molar-refractivity contribution >= 4 is 17.6 Å². The van der Waals surface area contributed by atoms with Crippen LogP contribution < -0.4 is 5.32 Å². The van der Waals surface area contributed by atoms with Crippen LogP contribution in [0, 0.1) is 0 Å². The molecule has 0 unspecified atom stereocenters. The third kappa shape index (κ3) is 2.14. The van der Waals surface area contributed by atoms with E-state index in [4.69, 9.17) is 5.11 Å². The fraction of sp³-hybridized carbons (Fsp3) is 0.111. The Bertz CT molecular complexity index is 522. The molecule has 0 aromatic carbocycles. The summed E-state index contributed by atoms with van der Waals surface area (Å²) in [7, 11) is 1.78. The molecule has 0 aliphatic rings. The van der Waals surface area contributed by atoms with E-state index in [0.29, 0.717) is 11.6 Å². The van der Waals surface area contributed by atoms with Gasteiger partial charge in [0.2, 0.25) is 0 Å². The number of rotatable bonds is 3. The SMILES string of the molecule is Cn1ccc(Nc2cncc(C(=O)O)n2)n1. The molecule has 7 heteroatoms. The smallest absolute Gasteiger partial charge is 0.356 e. The number of hydrogen-bond acceptors (Lipinski definition) is 5. The Kier molecular flexibility index (Phi) is 2.50. The van der Waals surface area contributed by atoms with Crippen molar-refractivity contribution < 1.29 is 9.90 Å². The molecule has 2 heterocycles. The Hall–Kier alpha value is -2.44. The molecule has 2 N–H and O–H groups in total. The van der Waals surface area contributed by atoms with Gasteiger partial charge in [0.1, 0.15) is 0 Å².